The van der Waals surface area contributed by atoms with Crippen molar-refractivity contribution in [2.75, 3.05) is 98.3 Å². The summed E-state index contributed by atoms with van der Waals surface area (Å²) in [5.41, 5.74) is 9.91. The Morgan fingerprint density at radius 1 is 0.600 bits per heavy atom. The molecule has 26 nitrogen and oxygen atoms in total. The standard InChI is InChI=1S/C21H40N6O4.C11H22N4O3.C9H18ClN2OP.C4H8NO2.C3H10N2O.C2H2.2CH4.5Mt/c1-16(2)27(17(3)4)21(30-13-12-24-7)31-18(14-25-19(28)8-10-22-5)15-26-20(29)9-11-23-6;1-12-5-3-10(17)14-7-9(16)8-15-11(18)4-6-13-2;1-8(2)12(9(3)4)14(10)13-7-6-11-5;1-5-3-2-4(6)7;4-1-3(6)2-5;1-2;;;;;;;/h16-18,21-23H,5-6,8-15H2,1-4H3,(H,25,28)(H,26,29);9,12-13,16H,1-8H2,(H,14,17)(H,15,18);8-9H,6-7H2,1-4H3;5H,1-3H2,(H,6,7);3,6H,1-2,4-5H2;1-2H;2*1H4;;;;;/q2*-2;;-1;;;;;;;;;/i;;;;;1D;;;;;;;. The average Bonchev–Trinajstić information content (AvgIpc) is 3.39. The third-order valence-electron chi connectivity index (χ3n) is 9.15. The maximum Gasteiger partial charge on any atom is 0.304 e. The van der Waals surface area contributed by atoms with E-state index in [4.69, 9.17) is 61.4 Å². The summed E-state index contributed by atoms with van der Waals surface area (Å²) in [4.78, 5) is 64.7. The Bertz CT molecular complexity index is 1560. The van der Waals surface area contributed by atoms with Crippen molar-refractivity contribution in [3.63, 3.8) is 0 Å². The van der Waals surface area contributed by atoms with Gasteiger partial charge in [-0.2, -0.15) is 0 Å². The number of nitrogens with one attached hydrogen (secondary N) is 9. The Morgan fingerprint density at radius 3 is 1.15 bits per heavy atom. The first-order valence-electron chi connectivity index (χ1n) is 25.9. The van der Waals surface area contributed by atoms with E-state index in [9.17, 15) is 29.1 Å². The number of rotatable bonds is 39. The van der Waals surface area contributed by atoms with Crippen molar-refractivity contribution in [3.8, 4) is 12.8 Å². The first-order valence-corrected chi connectivity index (χ1v) is 27.5. The van der Waals surface area contributed by atoms with Crippen molar-refractivity contribution in [2.24, 2.45) is 11.5 Å². The molecule has 0 aromatic rings. The number of aliphatic carboxylic acids is 1. The van der Waals surface area contributed by atoms with E-state index in [-0.39, 0.29) is 122 Å². The molecule has 0 saturated heterocycles. The normalized spacial score (nSPS) is 10.5. The quantitative estimate of drug-likeness (QED) is 0.0137. The van der Waals surface area contributed by atoms with E-state index in [0.29, 0.717) is 70.8 Å². The number of halogens is 1. The van der Waals surface area contributed by atoms with Gasteiger partial charge in [0.05, 0.1) is 24.7 Å². The minimum atomic E-state index is -1.07. The molecule has 0 aliphatic rings. The van der Waals surface area contributed by atoms with Gasteiger partial charge in [-0.3, -0.25) is 64.1 Å². The molecule has 484 valence electrons. The van der Waals surface area contributed by atoms with E-state index in [1.165, 1.54) is 6.40 Å². The minimum absolute atomic E-state index is 0. The second kappa shape index (κ2) is 77.1. The molecule has 0 aliphatic heterocycles. The van der Waals surface area contributed by atoms with Crippen LogP contribution in [0.25, 0.3) is 9.69 Å². The van der Waals surface area contributed by atoms with E-state index in [1.54, 1.807) is 0 Å². The van der Waals surface area contributed by atoms with Crippen LogP contribution in [0.5, 0.6) is 0 Å². The predicted molar refractivity (Wildman–Crippen MR) is 324 cm³/mol. The van der Waals surface area contributed by atoms with Crippen LogP contribution < -0.4 is 59.3 Å². The van der Waals surface area contributed by atoms with Gasteiger partial charge in [0.2, 0.25) is 50.8 Å². The first kappa shape index (κ1) is 104. The Balaban J connectivity index is -0.0000000756. The van der Waals surface area contributed by atoms with Gasteiger partial charge < -0.3 is 98.3 Å². The molecule has 2 unspecified atom stereocenters. The van der Waals surface area contributed by atoms with Crippen LogP contribution in [0.4, 0.5) is 0 Å². The number of nitrogens with two attached hydrogens (primary N) is 2. The number of aliphatic hydroxyl groups is 2. The second-order valence-electron chi connectivity index (χ2n) is 17.1. The zero-order valence-corrected chi connectivity index (χ0v) is 85.8. The van der Waals surface area contributed by atoms with E-state index in [1.807, 2.05) is 32.6 Å². The van der Waals surface area contributed by atoms with Gasteiger partial charge in [-0.05, 0) is 99.4 Å². The van der Waals surface area contributed by atoms with Crippen LogP contribution in [-0.4, -0.2) is 202 Å². The molecule has 0 rings (SSSR count). The fraction of sp³-hybridized carbons (Fsp3) is 0.731. The molecule has 85 heavy (non-hydrogen) atoms. The van der Waals surface area contributed by atoms with Crippen LogP contribution in [0, 0.1) is 61.2 Å². The molecule has 0 spiro atoms. The van der Waals surface area contributed by atoms with Crippen molar-refractivity contribution in [1.29, 1.82) is 0 Å². The number of ether oxygens (including phenoxy) is 2. The maximum atomic E-state index is 12.0. The molecule has 0 saturated carbocycles. The van der Waals surface area contributed by atoms with Gasteiger partial charge in [-0.25, -0.2) is 17.8 Å². The summed E-state index contributed by atoms with van der Waals surface area (Å²) < 4.78 is 25.3. The summed E-state index contributed by atoms with van der Waals surface area (Å²) in [6.45, 7) is 34.8. The smallest absolute Gasteiger partial charge is 0.304 e. The zero-order valence-electron chi connectivity index (χ0n) is 52.3. The van der Waals surface area contributed by atoms with Gasteiger partial charge in [0.15, 0.2) is 0 Å². The number of nitrogens with zero attached hydrogens (tertiary/aromatic N) is 4. The average molecular weight is 2580 g/mol. The van der Waals surface area contributed by atoms with Crippen molar-refractivity contribution in [1.82, 2.24) is 57.4 Å². The van der Waals surface area contributed by atoms with Gasteiger partial charge in [-0.15, -0.1) is 12.8 Å². The first-order chi connectivity index (χ1) is 37.3. The third-order valence-corrected chi connectivity index (χ3v) is 11.6. The van der Waals surface area contributed by atoms with Crippen molar-refractivity contribution in [3.05, 3.63) is 58.1 Å². The van der Waals surface area contributed by atoms with Crippen molar-refractivity contribution < 1.29 is 54.7 Å². The molecule has 0 heterocycles. The Hall–Kier alpha value is -8.95. The fourth-order valence-electron chi connectivity index (χ4n) is 5.44. The molecule has 0 bridgehead atoms. The van der Waals surface area contributed by atoms with Gasteiger partial charge in [0.1, 0.15) is 14.6 Å². The number of carbonyl (C=O) groups is 5. The van der Waals surface area contributed by atoms with Crippen LogP contribution in [0.1, 0.15) is 104 Å². The number of carboxylic acids is 1. The largest absolute Gasteiger partial charge is 0.481 e. The van der Waals surface area contributed by atoms with Crippen molar-refractivity contribution in [2.45, 2.75) is 151 Å². The maximum absolute atomic E-state index is 12.0. The van der Waals surface area contributed by atoms with E-state index >= 15 is 0 Å². The molecular formula is C52H108ClMt5N15O11P-5. The number of hydrogen-bond donors (Lipinski definition) is 14. The Labute approximate surface area is 490 Å². The van der Waals surface area contributed by atoms with Crippen LogP contribution in [0.2, 0.25) is 0 Å². The van der Waals surface area contributed by atoms with Gasteiger partial charge in [0.25, 0.3) is 0 Å². The third kappa shape index (κ3) is 75.0. The number of carboxylic acid groups (broad SMARTS) is 1. The fourth-order valence-corrected chi connectivity index (χ4v) is 7.79. The van der Waals surface area contributed by atoms with Gasteiger partial charge in [-0.1, -0.05) is 14.9 Å². The Morgan fingerprint density at radius 2 is 0.906 bits per heavy atom. The molecule has 16 N–H and O–H groups in total. The molecule has 0 aliphatic carbocycles. The molecule has 4 amide bonds. The van der Waals surface area contributed by atoms with Crippen LogP contribution in [0.3, 0.4) is 0 Å². The van der Waals surface area contributed by atoms with Crippen LogP contribution in [0.15, 0.2) is 0 Å². The van der Waals surface area contributed by atoms with E-state index < -0.39 is 38.3 Å². The van der Waals surface area contributed by atoms with E-state index in [0.717, 1.165) is 0 Å². The minimum Gasteiger partial charge on any atom is -0.481 e. The summed E-state index contributed by atoms with van der Waals surface area (Å²) in [7, 11) is 15.9. The second-order valence-corrected chi connectivity index (χ2v) is 19.1. The summed E-state index contributed by atoms with van der Waals surface area (Å²) in [6, 6.07) is 0.973. The van der Waals surface area contributed by atoms with Gasteiger partial charge in [0, 0.05) is 89.1 Å². The molecule has 33 heteroatoms. The molecule has 0 fully saturated rings. The van der Waals surface area contributed by atoms with Crippen LogP contribution in [-0.2, 0) is 38.0 Å². The molecular weight excluding hydrogens is 2470 g/mol. The Kier molecular flexibility index (Phi) is 94.7. The summed E-state index contributed by atoms with van der Waals surface area (Å²) in [6.07, 6.45) is 4.54. The van der Waals surface area contributed by atoms with E-state index in [2.05, 4.69) is 132 Å². The SMILES string of the molecule is C.C.NCC(O)CN.[2H]C#C.[C-]#[N+]CCOC(OC(CNC(=O)CCN[CH2-])CNC(=O)CCN[CH2-])N(C(C)C)C(C)C.[C-]#[N+]CCOP(Cl)N(C(C)C)C(C)C.[CH2-]NCCC(=O)NCC(O)CNC(=O)CCN[CH2-].[CH2-]NCCC(=O)O.[Mt].[Mt].[Mt].[Mt].[Mt]. The van der Waals surface area contributed by atoms with Crippen molar-refractivity contribution >= 4 is 48.5 Å². The number of carbonyl (C=O) groups excluding carboxylic acids is 4. The predicted octanol–water partition coefficient (Wildman–Crippen LogP) is 1.74. The number of hydrogen-bond acceptors (Lipinski definition) is 19. The number of terminal acetylenes is 1. The molecule has 0 aromatic carbocycles. The molecule has 0 radical (unpaired) electrons. The molecule has 0 aromatic heterocycles. The number of amides is 4. The summed E-state index contributed by atoms with van der Waals surface area (Å²) in [5.74, 6) is -1.42. The monoisotopic (exact) mass is 2580 g/mol. The van der Waals surface area contributed by atoms with Gasteiger partial charge >= 0.3 is 5.97 Å². The van der Waals surface area contributed by atoms with Crippen LogP contribution >= 0.6 is 18.9 Å². The topological polar surface area (TPSA) is 349 Å². The zero-order chi connectivity index (χ0) is 62.0. The summed E-state index contributed by atoms with van der Waals surface area (Å²) >= 11 is 6.14. The number of aliphatic hydroxyl groups excluding tert-OH is 2. The summed E-state index contributed by atoms with van der Waals surface area (Å²) in [5, 5.41) is 49.7. The molecule has 2 atom stereocenters.